The molecule has 0 atom stereocenters. The zero-order valence-electron chi connectivity index (χ0n) is 26.7. The maximum atomic E-state index is 14.9. The van der Waals surface area contributed by atoms with Crippen molar-refractivity contribution in [1.82, 2.24) is 9.47 Å². The number of amides is 2. The number of fused-ring (bicyclic) bond motifs is 1. The van der Waals surface area contributed by atoms with E-state index in [2.05, 4.69) is 15.5 Å². The Labute approximate surface area is 276 Å². The molecule has 0 unspecified atom stereocenters. The van der Waals surface area contributed by atoms with Crippen molar-refractivity contribution in [3.05, 3.63) is 118 Å². The second-order valence-corrected chi connectivity index (χ2v) is 12.6. The molecular formula is C37H38F2N4O3S. The number of hydrogen-bond donors (Lipinski definition) is 2. The third-order valence-electron chi connectivity index (χ3n) is 7.90. The Morgan fingerprint density at radius 2 is 1.55 bits per heavy atom. The van der Waals surface area contributed by atoms with Gasteiger partial charge < -0.3 is 15.2 Å². The molecule has 5 rings (SSSR count). The molecule has 0 saturated heterocycles. The van der Waals surface area contributed by atoms with Crippen LogP contribution in [0.5, 0.6) is 0 Å². The summed E-state index contributed by atoms with van der Waals surface area (Å²) in [5, 5.41) is 6.03. The van der Waals surface area contributed by atoms with Crippen LogP contribution in [0, 0.1) is 11.6 Å². The number of unbranched alkanes of at least 4 members (excludes halogenated alkanes) is 1. The van der Waals surface area contributed by atoms with Gasteiger partial charge in [-0.05, 0) is 54.4 Å². The fraction of sp³-hybridized carbons (Fsp3) is 0.270. The van der Waals surface area contributed by atoms with Gasteiger partial charge in [0.25, 0.3) is 0 Å². The van der Waals surface area contributed by atoms with E-state index >= 15 is 0 Å². The van der Waals surface area contributed by atoms with Gasteiger partial charge in [-0.2, -0.15) is 0 Å². The number of pyridine rings is 1. The van der Waals surface area contributed by atoms with Crippen LogP contribution < -0.4 is 16.1 Å². The predicted octanol–water partition coefficient (Wildman–Crippen LogP) is 8.17. The van der Waals surface area contributed by atoms with Crippen molar-refractivity contribution in [1.29, 1.82) is 0 Å². The van der Waals surface area contributed by atoms with Crippen molar-refractivity contribution in [3.63, 3.8) is 0 Å². The van der Waals surface area contributed by atoms with Crippen LogP contribution in [-0.2, 0) is 29.2 Å². The van der Waals surface area contributed by atoms with Gasteiger partial charge in [-0.15, -0.1) is 11.3 Å². The van der Waals surface area contributed by atoms with Crippen molar-refractivity contribution in [2.75, 3.05) is 17.7 Å². The Balaban J connectivity index is 1.69. The molecule has 3 aromatic carbocycles. The maximum absolute atomic E-state index is 14.9. The fourth-order valence-electron chi connectivity index (χ4n) is 5.47. The molecule has 0 radical (unpaired) electrons. The third-order valence-corrected chi connectivity index (χ3v) is 9.22. The number of carbonyl (C=O) groups is 2. The van der Waals surface area contributed by atoms with Crippen LogP contribution in [0.3, 0.4) is 0 Å². The van der Waals surface area contributed by atoms with E-state index in [9.17, 15) is 23.2 Å². The lowest BCUT2D eigenvalue weighted by atomic mass is 10.0. The molecule has 0 fully saturated rings. The van der Waals surface area contributed by atoms with Crippen molar-refractivity contribution in [2.24, 2.45) is 0 Å². The van der Waals surface area contributed by atoms with Gasteiger partial charge in [-0.3, -0.25) is 19.3 Å². The van der Waals surface area contributed by atoms with E-state index in [0.717, 1.165) is 28.0 Å². The van der Waals surface area contributed by atoms with E-state index in [1.54, 1.807) is 11.5 Å². The summed E-state index contributed by atoms with van der Waals surface area (Å²) >= 11 is 1.35. The van der Waals surface area contributed by atoms with Crippen molar-refractivity contribution in [2.45, 2.75) is 59.2 Å². The predicted molar refractivity (Wildman–Crippen MR) is 186 cm³/mol. The minimum Gasteiger partial charge on any atom is -0.332 e. The summed E-state index contributed by atoms with van der Waals surface area (Å²) in [5.41, 5.74) is 2.87. The van der Waals surface area contributed by atoms with E-state index in [1.165, 1.54) is 35.7 Å². The van der Waals surface area contributed by atoms with Crippen LogP contribution in [0.15, 0.2) is 83.8 Å². The highest BCUT2D eigenvalue weighted by Crippen LogP contribution is 2.39. The van der Waals surface area contributed by atoms with Crippen LogP contribution in [0.25, 0.3) is 20.7 Å². The Bertz CT molecular complexity index is 1920. The molecule has 10 heteroatoms. The van der Waals surface area contributed by atoms with Gasteiger partial charge in [-0.1, -0.05) is 68.8 Å². The first-order chi connectivity index (χ1) is 22.7. The van der Waals surface area contributed by atoms with Gasteiger partial charge in [0.15, 0.2) is 0 Å². The molecule has 47 heavy (non-hydrogen) atoms. The normalized spacial score (nSPS) is 11.3. The Morgan fingerprint density at radius 1 is 0.851 bits per heavy atom. The average Bonchev–Trinajstić information content (AvgIpc) is 3.43. The topological polar surface area (TPSA) is 83.4 Å². The van der Waals surface area contributed by atoms with E-state index in [4.69, 9.17) is 0 Å². The van der Waals surface area contributed by atoms with Gasteiger partial charge in [0.05, 0.1) is 11.9 Å². The number of thiophene rings is 1. The average molecular weight is 657 g/mol. The van der Waals surface area contributed by atoms with Gasteiger partial charge in [-0.25, -0.2) is 8.78 Å². The number of hydrogen-bond acceptors (Lipinski definition) is 5. The lowest BCUT2D eigenvalue weighted by Gasteiger charge is -2.18. The molecule has 244 valence electrons. The standard InChI is InChI=1S/C37H38F2N4O3S/c1-4-6-15-33(45)41-31-23-43(22-27-29(38)13-10-14-30(27)39)37-34(35(31)46)28(21-42(3)20-24-11-8-7-9-12-24)36(47-37)25-16-18-26(19-17-25)40-32(44)5-2/h7-14,16-19,23H,4-6,15,20-22H2,1-3H3,(H,40,44)(H,41,45). The van der Waals surface area contributed by atoms with Crippen molar-refractivity contribution in [3.8, 4) is 10.4 Å². The van der Waals surface area contributed by atoms with Gasteiger partial charge in [0.2, 0.25) is 17.2 Å². The number of halogens is 2. The van der Waals surface area contributed by atoms with Gasteiger partial charge in [0.1, 0.15) is 22.2 Å². The third kappa shape index (κ3) is 8.01. The van der Waals surface area contributed by atoms with Crippen molar-refractivity contribution < 1.29 is 18.4 Å². The molecule has 0 saturated carbocycles. The van der Waals surface area contributed by atoms with E-state index in [1.807, 2.05) is 68.6 Å². The zero-order valence-corrected chi connectivity index (χ0v) is 27.6. The van der Waals surface area contributed by atoms with Crippen LogP contribution in [0.4, 0.5) is 20.2 Å². The fourth-order valence-corrected chi connectivity index (χ4v) is 6.76. The van der Waals surface area contributed by atoms with Crippen molar-refractivity contribution >= 4 is 44.7 Å². The second kappa shape index (κ2) is 15.3. The Morgan fingerprint density at radius 3 is 2.21 bits per heavy atom. The van der Waals surface area contributed by atoms with Crippen LogP contribution in [0.2, 0.25) is 0 Å². The van der Waals surface area contributed by atoms with Crippen LogP contribution in [0.1, 0.15) is 56.2 Å². The molecule has 0 aliphatic rings. The molecule has 0 aliphatic heterocycles. The largest absolute Gasteiger partial charge is 0.332 e. The highest BCUT2D eigenvalue weighted by Gasteiger charge is 2.24. The smallest absolute Gasteiger partial charge is 0.224 e. The summed E-state index contributed by atoms with van der Waals surface area (Å²) in [4.78, 5) is 42.5. The van der Waals surface area contributed by atoms with E-state index < -0.39 is 11.6 Å². The van der Waals surface area contributed by atoms with E-state index in [0.29, 0.717) is 41.8 Å². The molecule has 0 spiro atoms. The first-order valence-electron chi connectivity index (χ1n) is 15.7. The Hall–Kier alpha value is -4.67. The molecule has 2 N–H and O–H groups in total. The molecule has 2 heterocycles. The molecule has 2 amide bonds. The minimum absolute atomic E-state index is 0.0595. The van der Waals surface area contributed by atoms with E-state index in [-0.39, 0.29) is 41.5 Å². The summed E-state index contributed by atoms with van der Waals surface area (Å²) < 4.78 is 31.5. The number of carbonyl (C=O) groups excluding carboxylic acids is 2. The minimum atomic E-state index is -0.699. The summed E-state index contributed by atoms with van der Waals surface area (Å²) in [6.07, 6.45) is 3.56. The maximum Gasteiger partial charge on any atom is 0.224 e. The number of aromatic nitrogens is 1. The number of nitrogens with zero attached hydrogens (tertiary/aromatic N) is 2. The number of rotatable bonds is 13. The molecular weight excluding hydrogens is 618 g/mol. The summed E-state index contributed by atoms with van der Waals surface area (Å²) in [6, 6.07) is 21.1. The summed E-state index contributed by atoms with van der Waals surface area (Å²) in [5.74, 6) is -1.80. The van der Waals surface area contributed by atoms with Crippen LogP contribution in [-0.4, -0.2) is 28.3 Å². The molecule has 0 bridgehead atoms. The first-order valence-corrected chi connectivity index (χ1v) is 16.5. The quantitative estimate of drug-likeness (QED) is 0.134. The zero-order chi connectivity index (χ0) is 33.5. The SMILES string of the molecule is CCCCC(=O)Nc1cn(Cc2c(F)cccc2F)c2sc(-c3ccc(NC(=O)CC)cc3)c(CN(C)Cc3ccccc3)c2c1=O. The molecule has 5 aromatic rings. The van der Waals surface area contributed by atoms with Gasteiger partial charge in [0, 0.05) is 48.3 Å². The monoisotopic (exact) mass is 656 g/mol. The molecule has 2 aromatic heterocycles. The highest BCUT2D eigenvalue weighted by molar-refractivity contribution is 7.22. The molecule has 0 aliphatic carbocycles. The molecule has 7 nitrogen and oxygen atoms in total. The number of anilines is 2. The number of nitrogens with one attached hydrogen (secondary N) is 2. The summed E-state index contributed by atoms with van der Waals surface area (Å²) in [7, 11) is 1.97. The van der Waals surface area contributed by atoms with Crippen LogP contribution >= 0.6 is 11.3 Å². The lowest BCUT2D eigenvalue weighted by molar-refractivity contribution is -0.116. The lowest BCUT2D eigenvalue weighted by Crippen LogP contribution is -2.22. The summed E-state index contributed by atoms with van der Waals surface area (Å²) in [6.45, 7) is 4.57. The van der Waals surface area contributed by atoms with Gasteiger partial charge >= 0.3 is 0 Å². The highest BCUT2D eigenvalue weighted by atomic mass is 32.1. The first kappa shape index (κ1) is 33.7. The second-order valence-electron chi connectivity index (χ2n) is 11.6. The number of benzene rings is 3. The Kier molecular flexibility index (Phi) is 11.0.